The minimum atomic E-state index is 0.116. The van der Waals surface area contributed by atoms with Crippen molar-refractivity contribution in [2.75, 3.05) is 6.54 Å². The summed E-state index contributed by atoms with van der Waals surface area (Å²) >= 11 is 1.55. The molecule has 1 aliphatic rings. The summed E-state index contributed by atoms with van der Waals surface area (Å²) in [6.07, 6.45) is 9.54. The number of carbonyl (C=O) groups excluding carboxylic acids is 1. The molecule has 114 valence electrons. The summed E-state index contributed by atoms with van der Waals surface area (Å²) in [5, 5.41) is 2.80. The molecule has 3 rings (SSSR count). The minimum Gasteiger partial charge on any atom is -0.336 e. The van der Waals surface area contributed by atoms with Crippen LogP contribution in [0.2, 0.25) is 0 Å². The van der Waals surface area contributed by atoms with E-state index in [1.165, 1.54) is 5.56 Å². The Bertz CT molecular complexity index is 622. The quantitative estimate of drug-likeness (QED) is 0.787. The standard InChI is InChI=1S/C18H20N2OS/c21-18(11-10-17-19-12-14-22-17)20-13-4-7-16(20)9-8-15-5-2-1-3-6-15/h1-3,5-6,10-12,14,16H,4,7-9,13H2. The molecule has 1 aliphatic heterocycles. The smallest absolute Gasteiger partial charge is 0.246 e. The van der Waals surface area contributed by atoms with Gasteiger partial charge in [-0.05, 0) is 37.3 Å². The third-order valence-corrected chi connectivity index (χ3v) is 4.83. The number of rotatable bonds is 5. The average molecular weight is 312 g/mol. The first-order chi connectivity index (χ1) is 10.8. The van der Waals surface area contributed by atoms with Crippen LogP contribution in [0, 0.1) is 0 Å². The number of thiazole rings is 1. The van der Waals surface area contributed by atoms with Crippen molar-refractivity contribution in [1.82, 2.24) is 9.88 Å². The number of hydrogen-bond acceptors (Lipinski definition) is 3. The molecule has 1 fully saturated rings. The summed E-state index contributed by atoms with van der Waals surface area (Å²) in [7, 11) is 0. The highest BCUT2D eigenvalue weighted by molar-refractivity contribution is 7.10. The fourth-order valence-electron chi connectivity index (χ4n) is 2.96. The maximum absolute atomic E-state index is 12.4. The van der Waals surface area contributed by atoms with E-state index in [-0.39, 0.29) is 5.91 Å². The molecule has 2 aromatic rings. The van der Waals surface area contributed by atoms with Gasteiger partial charge in [-0.15, -0.1) is 11.3 Å². The third-order valence-electron chi connectivity index (χ3n) is 4.09. The van der Waals surface area contributed by atoms with Gasteiger partial charge < -0.3 is 4.90 Å². The Morgan fingerprint density at radius 3 is 3.00 bits per heavy atom. The summed E-state index contributed by atoms with van der Waals surface area (Å²) in [6, 6.07) is 10.9. The van der Waals surface area contributed by atoms with Crippen molar-refractivity contribution in [3.63, 3.8) is 0 Å². The van der Waals surface area contributed by atoms with Gasteiger partial charge in [0.15, 0.2) is 0 Å². The predicted octanol–water partition coefficient (Wildman–Crippen LogP) is 3.78. The van der Waals surface area contributed by atoms with Gasteiger partial charge in [0.05, 0.1) is 0 Å². The number of amides is 1. The molecule has 0 aliphatic carbocycles. The van der Waals surface area contributed by atoms with E-state index in [1.807, 2.05) is 22.4 Å². The van der Waals surface area contributed by atoms with E-state index in [2.05, 4.69) is 29.2 Å². The van der Waals surface area contributed by atoms with Crippen molar-refractivity contribution in [1.29, 1.82) is 0 Å². The molecule has 0 radical (unpaired) electrons. The van der Waals surface area contributed by atoms with E-state index in [0.29, 0.717) is 6.04 Å². The second kappa shape index (κ2) is 7.36. The first-order valence-corrected chi connectivity index (χ1v) is 8.63. The van der Waals surface area contributed by atoms with Crippen LogP contribution in [-0.2, 0) is 11.2 Å². The molecule has 0 bridgehead atoms. The monoisotopic (exact) mass is 312 g/mol. The van der Waals surface area contributed by atoms with Gasteiger partial charge in [0, 0.05) is 30.2 Å². The van der Waals surface area contributed by atoms with Gasteiger partial charge in [-0.2, -0.15) is 0 Å². The van der Waals surface area contributed by atoms with Crippen molar-refractivity contribution in [3.05, 3.63) is 58.6 Å². The molecule has 0 spiro atoms. The number of likely N-dealkylation sites (tertiary alicyclic amines) is 1. The SMILES string of the molecule is O=C(C=Cc1nccs1)N1CCCC1CCc1ccccc1. The number of carbonyl (C=O) groups is 1. The summed E-state index contributed by atoms with van der Waals surface area (Å²) in [5.74, 6) is 0.116. The third kappa shape index (κ3) is 3.83. The Labute approximate surface area is 135 Å². The first-order valence-electron chi connectivity index (χ1n) is 7.75. The largest absolute Gasteiger partial charge is 0.336 e. The highest BCUT2D eigenvalue weighted by Crippen LogP contribution is 2.22. The Morgan fingerprint density at radius 1 is 1.36 bits per heavy atom. The molecule has 0 saturated carbocycles. The lowest BCUT2D eigenvalue weighted by Gasteiger charge is -2.23. The highest BCUT2D eigenvalue weighted by atomic mass is 32.1. The molecule has 1 atom stereocenters. The zero-order chi connectivity index (χ0) is 15.2. The number of nitrogens with zero attached hydrogens (tertiary/aromatic N) is 2. The van der Waals surface area contributed by atoms with E-state index in [0.717, 1.165) is 37.2 Å². The van der Waals surface area contributed by atoms with Crippen molar-refractivity contribution >= 4 is 23.3 Å². The lowest BCUT2D eigenvalue weighted by atomic mass is 10.0. The first kappa shape index (κ1) is 15.0. The minimum absolute atomic E-state index is 0.116. The second-order valence-corrected chi connectivity index (χ2v) is 6.48. The van der Waals surface area contributed by atoms with Crippen LogP contribution in [0.3, 0.4) is 0 Å². The Kier molecular flexibility index (Phi) is 5.01. The summed E-state index contributed by atoms with van der Waals surface area (Å²) in [5.41, 5.74) is 1.35. The summed E-state index contributed by atoms with van der Waals surface area (Å²) < 4.78 is 0. The van der Waals surface area contributed by atoms with Gasteiger partial charge >= 0.3 is 0 Å². The number of benzene rings is 1. The van der Waals surface area contributed by atoms with Crippen LogP contribution in [0.15, 0.2) is 48.0 Å². The Balaban J connectivity index is 1.57. The van der Waals surface area contributed by atoms with Crippen LogP contribution < -0.4 is 0 Å². The van der Waals surface area contributed by atoms with Crippen LogP contribution in [0.5, 0.6) is 0 Å². The molecular formula is C18H20N2OS. The van der Waals surface area contributed by atoms with E-state index >= 15 is 0 Å². The highest BCUT2D eigenvalue weighted by Gasteiger charge is 2.26. The Morgan fingerprint density at radius 2 is 2.23 bits per heavy atom. The molecule has 4 heteroatoms. The van der Waals surface area contributed by atoms with E-state index in [9.17, 15) is 4.79 Å². The Hall–Kier alpha value is -1.94. The summed E-state index contributed by atoms with van der Waals surface area (Å²) in [4.78, 5) is 18.6. The lowest BCUT2D eigenvalue weighted by Crippen LogP contribution is -2.34. The van der Waals surface area contributed by atoms with E-state index in [4.69, 9.17) is 0 Å². The van der Waals surface area contributed by atoms with Crippen molar-refractivity contribution in [2.45, 2.75) is 31.7 Å². The van der Waals surface area contributed by atoms with Crippen molar-refractivity contribution in [2.24, 2.45) is 0 Å². The molecule has 22 heavy (non-hydrogen) atoms. The van der Waals surface area contributed by atoms with Crippen molar-refractivity contribution in [3.8, 4) is 0 Å². The zero-order valence-electron chi connectivity index (χ0n) is 12.5. The normalized spacial score (nSPS) is 18.2. The van der Waals surface area contributed by atoms with Gasteiger partial charge in [-0.25, -0.2) is 4.98 Å². The second-order valence-electron chi connectivity index (χ2n) is 5.56. The maximum atomic E-state index is 12.4. The van der Waals surface area contributed by atoms with Gasteiger partial charge in [0.1, 0.15) is 5.01 Å². The van der Waals surface area contributed by atoms with Gasteiger partial charge in [0.25, 0.3) is 0 Å². The van der Waals surface area contributed by atoms with Crippen LogP contribution >= 0.6 is 11.3 Å². The van der Waals surface area contributed by atoms with Crippen LogP contribution in [0.4, 0.5) is 0 Å². The van der Waals surface area contributed by atoms with Crippen molar-refractivity contribution < 1.29 is 4.79 Å². The number of hydrogen-bond donors (Lipinski definition) is 0. The van der Waals surface area contributed by atoms with Gasteiger partial charge in [0.2, 0.25) is 5.91 Å². The van der Waals surface area contributed by atoms with Gasteiger partial charge in [-0.3, -0.25) is 4.79 Å². The predicted molar refractivity (Wildman–Crippen MR) is 90.6 cm³/mol. The lowest BCUT2D eigenvalue weighted by molar-refractivity contribution is -0.126. The molecule has 1 aromatic carbocycles. The maximum Gasteiger partial charge on any atom is 0.246 e. The van der Waals surface area contributed by atoms with E-state index < -0.39 is 0 Å². The number of aromatic nitrogens is 1. The molecule has 1 amide bonds. The molecule has 0 N–H and O–H groups in total. The number of aryl methyl sites for hydroxylation is 1. The molecule has 3 nitrogen and oxygen atoms in total. The zero-order valence-corrected chi connectivity index (χ0v) is 13.3. The van der Waals surface area contributed by atoms with Crippen LogP contribution in [-0.4, -0.2) is 28.4 Å². The molecule has 2 heterocycles. The van der Waals surface area contributed by atoms with Gasteiger partial charge in [-0.1, -0.05) is 30.3 Å². The average Bonchev–Trinajstić information content (AvgIpc) is 3.23. The fourth-order valence-corrected chi connectivity index (χ4v) is 3.49. The van der Waals surface area contributed by atoms with E-state index in [1.54, 1.807) is 23.6 Å². The molecule has 1 unspecified atom stereocenters. The topological polar surface area (TPSA) is 33.2 Å². The molecule has 1 aromatic heterocycles. The van der Waals surface area contributed by atoms with Crippen LogP contribution in [0.25, 0.3) is 6.08 Å². The fraction of sp³-hybridized carbons (Fsp3) is 0.333. The van der Waals surface area contributed by atoms with Crippen LogP contribution in [0.1, 0.15) is 29.8 Å². The molecule has 1 saturated heterocycles. The molecular weight excluding hydrogens is 292 g/mol. The summed E-state index contributed by atoms with van der Waals surface area (Å²) in [6.45, 7) is 0.875.